The fourth-order valence-electron chi connectivity index (χ4n) is 2.75. The molecule has 1 aliphatic rings. The lowest BCUT2D eigenvalue weighted by Gasteiger charge is -2.10. The second-order valence-corrected chi connectivity index (χ2v) is 4.78. The summed E-state index contributed by atoms with van der Waals surface area (Å²) in [6, 6.07) is 4.20. The van der Waals surface area contributed by atoms with Crippen molar-refractivity contribution in [3.63, 3.8) is 0 Å². The summed E-state index contributed by atoms with van der Waals surface area (Å²) in [5, 5.41) is 0. The largest absolute Gasteiger partial charge is 0.330 e. The Morgan fingerprint density at radius 3 is 3.00 bits per heavy atom. The van der Waals surface area contributed by atoms with Crippen molar-refractivity contribution in [3.8, 4) is 0 Å². The van der Waals surface area contributed by atoms with E-state index in [0.717, 1.165) is 30.4 Å². The number of hydrogen-bond acceptors (Lipinski definition) is 3. The molecule has 0 bridgehead atoms. The lowest BCUT2D eigenvalue weighted by Crippen LogP contribution is -2.26. The first kappa shape index (κ1) is 10.5. The van der Waals surface area contributed by atoms with E-state index in [1.54, 1.807) is 17.8 Å². The second-order valence-electron chi connectivity index (χ2n) is 4.78. The minimum atomic E-state index is 0.0119. The number of aryl methyl sites for hydroxylation is 1. The molecule has 3 rings (SSSR count). The number of pyridine rings is 1. The summed E-state index contributed by atoms with van der Waals surface area (Å²) in [6.07, 6.45) is 4.56. The summed E-state index contributed by atoms with van der Waals surface area (Å²) < 4.78 is 3.47. The van der Waals surface area contributed by atoms with Crippen LogP contribution in [0.1, 0.15) is 25.3 Å². The van der Waals surface area contributed by atoms with E-state index in [0.29, 0.717) is 0 Å². The number of aromatic nitrogens is 3. The van der Waals surface area contributed by atoms with Gasteiger partial charge in [0.25, 0.3) is 0 Å². The van der Waals surface area contributed by atoms with E-state index in [1.807, 2.05) is 16.7 Å². The van der Waals surface area contributed by atoms with Gasteiger partial charge in [0.2, 0.25) is 0 Å². The predicted molar refractivity (Wildman–Crippen MR) is 65.8 cm³/mol. The van der Waals surface area contributed by atoms with Crippen LogP contribution in [0.5, 0.6) is 0 Å². The summed E-state index contributed by atoms with van der Waals surface area (Å²) in [7, 11) is 1.79. The molecule has 2 heterocycles. The third-order valence-electron chi connectivity index (χ3n) is 3.66. The average molecular weight is 232 g/mol. The molecule has 1 saturated carbocycles. The number of hydrogen-bond donors (Lipinski definition) is 1. The summed E-state index contributed by atoms with van der Waals surface area (Å²) in [4.78, 5) is 16.6. The van der Waals surface area contributed by atoms with Gasteiger partial charge >= 0.3 is 5.69 Å². The molecule has 0 saturated heterocycles. The molecule has 17 heavy (non-hydrogen) atoms. The zero-order valence-corrected chi connectivity index (χ0v) is 9.84. The van der Waals surface area contributed by atoms with E-state index in [-0.39, 0.29) is 17.8 Å². The van der Waals surface area contributed by atoms with Crippen molar-refractivity contribution in [2.24, 2.45) is 12.8 Å². The Hall–Kier alpha value is -1.62. The standard InChI is InChI=1S/C12H16N4O/c1-15-10-3-2-6-14-11(10)16(12(15)17)9-5-4-8(13)7-9/h2-3,6,8-9H,4-5,7,13H2,1H3. The highest BCUT2D eigenvalue weighted by Gasteiger charge is 2.27. The first-order valence-corrected chi connectivity index (χ1v) is 5.96. The highest BCUT2D eigenvalue weighted by atomic mass is 16.1. The molecule has 2 unspecified atom stereocenters. The number of nitrogens with two attached hydrogens (primary N) is 1. The first-order chi connectivity index (χ1) is 8.18. The molecule has 0 spiro atoms. The molecule has 2 aromatic rings. The van der Waals surface area contributed by atoms with Gasteiger partial charge in [0.15, 0.2) is 5.65 Å². The van der Waals surface area contributed by atoms with Crippen molar-refractivity contribution in [2.45, 2.75) is 31.3 Å². The lowest BCUT2D eigenvalue weighted by atomic mass is 10.2. The fourth-order valence-corrected chi connectivity index (χ4v) is 2.75. The first-order valence-electron chi connectivity index (χ1n) is 5.96. The van der Waals surface area contributed by atoms with Crippen LogP contribution in [-0.4, -0.2) is 20.2 Å². The highest BCUT2D eigenvalue weighted by Crippen LogP contribution is 2.29. The molecule has 90 valence electrons. The van der Waals surface area contributed by atoms with Crippen LogP contribution in [-0.2, 0) is 7.05 Å². The van der Waals surface area contributed by atoms with Crippen molar-refractivity contribution >= 4 is 11.2 Å². The molecule has 2 aromatic heterocycles. The quantitative estimate of drug-likeness (QED) is 0.790. The number of nitrogens with zero attached hydrogens (tertiary/aromatic N) is 3. The van der Waals surface area contributed by atoms with E-state index in [2.05, 4.69) is 4.98 Å². The van der Waals surface area contributed by atoms with E-state index >= 15 is 0 Å². The van der Waals surface area contributed by atoms with Gasteiger partial charge in [-0.05, 0) is 31.4 Å². The average Bonchev–Trinajstić information content (AvgIpc) is 2.84. The Morgan fingerprint density at radius 1 is 1.47 bits per heavy atom. The minimum absolute atomic E-state index is 0.0119. The van der Waals surface area contributed by atoms with Crippen LogP contribution < -0.4 is 11.4 Å². The van der Waals surface area contributed by atoms with Crippen LogP contribution in [0.25, 0.3) is 11.2 Å². The Labute approximate surface area is 98.9 Å². The van der Waals surface area contributed by atoms with Gasteiger partial charge in [0.05, 0.1) is 5.52 Å². The third kappa shape index (κ3) is 1.50. The summed E-state index contributed by atoms with van der Waals surface area (Å²) in [5.41, 5.74) is 7.60. The number of fused-ring (bicyclic) bond motifs is 1. The van der Waals surface area contributed by atoms with Gasteiger partial charge in [-0.1, -0.05) is 0 Å². The van der Waals surface area contributed by atoms with Crippen LogP contribution >= 0.6 is 0 Å². The number of imidazole rings is 1. The van der Waals surface area contributed by atoms with Crippen molar-refractivity contribution in [2.75, 3.05) is 0 Å². The van der Waals surface area contributed by atoms with Gasteiger partial charge in [-0.15, -0.1) is 0 Å². The van der Waals surface area contributed by atoms with Gasteiger partial charge in [0, 0.05) is 25.3 Å². The molecule has 5 heteroatoms. The van der Waals surface area contributed by atoms with Crippen LogP contribution in [0.15, 0.2) is 23.1 Å². The summed E-state index contributed by atoms with van der Waals surface area (Å²) >= 11 is 0. The zero-order chi connectivity index (χ0) is 12.0. The maximum atomic E-state index is 12.2. The molecule has 0 amide bonds. The second kappa shape index (κ2) is 3.70. The van der Waals surface area contributed by atoms with Crippen molar-refractivity contribution < 1.29 is 0 Å². The third-order valence-corrected chi connectivity index (χ3v) is 3.66. The van der Waals surface area contributed by atoms with Gasteiger partial charge in [0.1, 0.15) is 0 Å². The monoisotopic (exact) mass is 232 g/mol. The van der Waals surface area contributed by atoms with Crippen LogP contribution in [0.4, 0.5) is 0 Å². The van der Waals surface area contributed by atoms with Crippen molar-refractivity contribution in [3.05, 3.63) is 28.8 Å². The van der Waals surface area contributed by atoms with Crippen molar-refractivity contribution in [1.29, 1.82) is 0 Å². The summed E-state index contributed by atoms with van der Waals surface area (Å²) in [5.74, 6) is 0. The van der Waals surface area contributed by atoms with Gasteiger partial charge in [-0.25, -0.2) is 9.78 Å². The predicted octanol–water partition coefficient (Wildman–Crippen LogP) is 0.787. The van der Waals surface area contributed by atoms with Crippen LogP contribution in [0, 0.1) is 0 Å². The molecule has 2 atom stereocenters. The molecule has 1 fully saturated rings. The minimum Gasteiger partial charge on any atom is -0.328 e. The maximum Gasteiger partial charge on any atom is 0.330 e. The molecule has 0 aromatic carbocycles. The van der Waals surface area contributed by atoms with Crippen LogP contribution in [0.2, 0.25) is 0 Å². The highest BCUT2D eigenvalue weighted by molar-refractivity contribution is 5.71. The molecule has 0 radical (unpaired) electrons. The molecule has 0 aliphatic heterocycles. The topological polar surface area (TPSA) is 65.8 Å². The van der Waals surface area contributed by atoms with Crippen molar-refractivity contribution in [1.82, 2.24) is 14.1 Å². The SMILES string of the molecule is Cn1c(=O)n(C2CCC(N)C2)c2ncccc21. The Morgan fingerprint density at radius 2 is 2.29 bits per heavy atom. The summed E-state index contributed by atoms with van der Waals surface area (Å²) in [6.45, 7) is 0. The Bertz CT molecular complexity index is 612. The zero-order valence-electron chi connectivity index (χ0n) is 9.84. The molecule has 5 nitrogen and oxygen atoms in total. The van der Waals surface area contributed by atoms with Crippen LogP contribution in [0.3, 0.4) is 0 Å². The van der Waals surface area contributed by atoms with Gasteiger partial charge in [-0.3, -0.25) is 9.13 Å². The van der Waals surface area contributed by atoms with E-state index < -0.39 is 0 Å². The Kier molecular flexibility index (Phi) is 2.29. The lowest BCUT2D eigenvalue weighted by molar-refractivity contribution is 0.498. The van der Waals surface area contributed by atoms with Gasteiger partial charge in [-0.2, -0.15) is 0 Å². The Balaban J connectivity index is 2.22. The van der Waals surface area contributed by atoms with E-state index in [1.165, 1.54) is 0 Å². The van der Waals surface area contributed by atoms with Gasteiger partial charge < -0.3 is 5.73 Å². The van der Waals surface area contributed by atoms with E-state index in [9.17, 15) is 4.79 Å². The van der Waals surface area contributed by atoms with E-state index in [4.69, 9.17) is 5.73 Å². The maximum absolute atomic E-state index is 12.2. The molecule has 1 aliphatic carbocycles. The molecule has 2 N–H and O–H groups in total. The smallest absolute Gasteiger partial charge is 0.328 e. The fraction of sp³-hybridized carbons (Fsp3) is 0.500. The normalized spacial score (nSPS) is 24.6. The molecular weight excluding hydrogens is 216 g/mol. The molecular formula is C12H16N4O. The number of rotatable bonds is 1.